The minimum Gasteiger partial charge on any atom is -0.406 e. The monoisotopic (exact) mass is 678 g/mol. The van der Waals surface area contributed by atoms with E-state index in [0.29, 0.717) is 40.5 Å². The van der Waals surface area contributed by atoms with Crippen molar-refractivity contribution in [1.82, 2.24) is 20.1 Å². The van der Waals surface area contributed by atoms with Gasteiger partial charge in [-0.25, -0.2) is 9.67 Å². The number of benzene rings is 3. The maximum Gasteiger partial charge on any atom is 0.573 e. The van der Waals surface area contributed by atoms with Crippen LogP contribution in [0.1, 0.15) is 49.8 Å². The molecule has 4 aromatic rings. The van der Waals surface area contributed by atoms with Crippen LogP contribution in [0.3, 0.4) is 0 Å². The smallest absolute Gasteiger partial charge is 0.406 e. The minimum absolute atomic E-state index is 0.00842. The molecule has 0 unspecified atom stereocenters. The Labute approximate surface area is 280 Å². The molecule has 1 saturated heterocycles. The largest absolute Gasteiger partial charge is 0.573 e. The van der Waals surface area contributed by atoms with E-state index in [1.165, 1.54) is 47.0 Å². The topological polar surface area (TPSA) is 84.6 Å². The van der Waals surface area contributed by atoms with Crippen molar-refractivity contribution < 1.29 is 22.7 Å². The summed E-state index contributed by atoms with van der Waals surface area (Å²) >= 11 is 6.89. The van der Waals surface area contributed by atoms with E-state index in [2.05, 4.69) is 57.2 Å². The number of hydrogen-bond acceptors (Lipinski definition) is 6. The Hall–Kier alpha value is -4.49. The van der Waals surface area contributed by atoms with Crippen LogP contribution in [0.5, 0.6) is 5.75 Å². The quantitative estimate of drug-likeness (QED) is 0.142. The summed E-state index contributed by atoms with van der Waals surface area (Å²) in [6, 6.07) is 19.3. The molecule has 2 heterocycles. The number of hydrogen-bond donors (Lipinski definition) is 1. The first-order chi connectivity index (χ1) is 22.4. The van der Waals surface area contributed by atoms with Crippen molar-refractivity contribution in [2.45, 2.75) is 46.4 Å². The average molecular weight is 679 g/mol. The molecule has 0 radical (unpaired) electrons. The van der Waals surface area contributed by atoms with Crippen LogP contribution in [0.25, 0.3) is 22.6 Å². The second kappa shape index (κ2) is 14.5. The minimum atomic E-state index is -4.75. The Morgan fingerprint density at radius 3 is 2.53 bits per heavy atom. The van der Waals surface area contributed by atoms with Gasteiger partial charge < -0.3 is 10.1 Å². The van der Waals surface area contributed by atoms with Gasteiger partial charge in [0.15, 0.2) is 16.1 Å². The number of aliphatic imine (C=N–C) groups is 1. The number of rotatable bonds is 9. The van der Waals surface area contributed by atoms with E-state index in [-0.39, 0.29) is 17.6 Å². The third kappa shape index (κ3) is 8.66. The van der Waals surface area contributed by atoms with Gasteiger partial charge in [-0.3, -0.25) is 9.69 Å². The lowest BCUT2D eigenvalue weighted by Crippen LogP contribution is -2.32. The first-order valence-corrected chi connectivity index (χ1v) is 16.3. The van der Waals surface area contributed by atoms with Gasteiger partial charge in [-0.1, -0.05) is 68.1 Å². The number of nitrogens with zero attached hydrogens (tertiary/aromatic N) is 5. The van der Waals surface area contributed by atoms with Gasteiger partial charge in [-0.05, 0) is 91.0 Å². The summed E-state index contributed by atoms with van der Waals surface area (Å²) in [5, 5.41) is 8.56. The molecule has 1 aliphatic rings. The molecule has 1 aliphatic heterocycles. The van der Waals surface area contributed by atoms with Crippen LogP contribution in [0.2, 0.25) is 0 Å². The van der Waals surface area contributed by atoms with Gasteiger partial charge in [-0.2, -0.15) is 4.99 Å². The lowest BCUT2D eigenvalue weighted by atomic mass is 9.99. The van der Waals surface area contributed by atoms with E-state index in [9.17, 15) is 18.0 Å². The number of ether oxygens (including phenoxy) is 1. The molecule has 8 nitrogen and oxygen atoms in total. The Kier molecular flexibility index (Phi) is 10.5. The first-order valence-electron chi connectivity index (χ1n) is 14.9. The number of allylic oxidation sites excluding steroid dienone is 1. The summed E-state index contributed by atoms with van der Waals surface area (Å²) in [5.41, 5.74) is 6.48. The number of thiocarbonyl (C=S) groups is 1. The summed E-state index contributed by atoms with van der Waals surface area (Å²) in [7, 11) is 0. The molecule has 0 spiro atoms. The normalized spacial score (nSPS) is 14.7. The van der Waals surface area contributed by atoms with Gasteiger partial charge in [0.25, 0.3) is 0 Å². The Morgan fingerprint density at radius 2 is 1.85 bits per heavy atom. The Bertz CT molecular complexity index is 1820. The average Bonchev–Trinajstić information content (AvgIpc) is 3.66. The molecule has 1 aromatic heterocycles. The summed E-state index contributed by atoms with van der Waals surface area (Å²) < 4.78 is 42.7. The predicted octanol–water partition coefficient (Wildman–Crippen LogP) is 8.07. The highest BCUT2D eigenvalue weighted by atomic mass is 32.2. The van der Waals surface area contributed by atoms with Crippen molar-refractivity contribution in [1.29, 1.82) is 0 Å². The maximum absolute atomic E-state index is 12.8. The van der Waals surface area contributed by atoms with Gasteiger partial charge in [0.05, 0.1) is 17.1 Å². The van der Waals surface area contributed by atoms with Crippen molar-refractivity contribution >= 4 is 51.4 Å². The number of amidine groups is 1. The zero-order chi connectivity index (χ0) is 33.7. The summed E-state index contributed by atoms with van der Waals surface area (Å²) in [5.74, 6) is 0.743. The first kappa shape index (κ1) is 33.9. The second-order valence-electron chi connectivity index (χ2n) is 11.2. The molecule has 47 heavy (non-hydrogen) atoms. The number of anilines is 1. The summed E-state index contributed by atoms with van der Waals surface area (Å²) in [4.78, 5) is 23.5. The number of amides is 1. The van der Waals surface area contributed by atoms with E-state index in [4.69, 9.17) is 12.2 Å². The van der Waals surface area contributed by atoms with Crippen LogP contribution in [0, 0.1) is 6.92 Å². The highest BCUT2D eigenvalue weighted by Gasteiger charge is 2.32. The number of aromatic nitrogens is 3. The van der Waals surface area contributed by atoms with Crippen molar-refractivity contribution in [3.05, 3.63) is 95.8 Å². The third-order valence-corrected chi connectivity index (χ3v) is 8.47. The molecule has 5 rings (SSSR count). The zero-order valence-corrected chi connectivity index (χ0v) is 27.8. The number of aryl methyl sites for hydroxylation is 1. The zero-order valence-electron chi connectivity index (χ0n) is 26.2. The van der Waals surface area contributed by atoms with Crippen LogP contribution in [-0.2, 0) is 4.79 Å². The molecule has 13 heteroatoms. The molecule has 0 aliphatic carbocycles. The fraction of sp³-hybridized carbons (Fsp3) is 0.265. The second-order valence-corrected chi connectivity index (χ2v) is 12.5. The molecule has 3 aromatic carbocycles. The van der Waals surface area contributed by atoms with Gasteiger partial charge >= 0.3 is 6.36 Å². The lowest BCUT2D eigenvalue weighted by Gasteiger charge is -2.22. The molecule has 1 fully saturated rings. The number of nitrogens with one attached hydrogen (secondary N) is 1. The number of alkyl halides is 3. The fourth-order valence-electron chi connectivity index (χ4n) is 4.93. The number of carbonyl (C=O) groups is 1. The number of carbonyl (C=O) groups excluding carboxylic acids is 1. The Morgan fingerprint density at radius 1 is 1.13 bits per heavy atom. The Balaban J connectivity index is 1.16. The maximum atomic E-state index is 12.8. The molecule has 1 N–H and O–H groups in total. The van der Waals surface area contributed by atoms with Gasteiger partial charge in [0.2, 0.25) is 5.91 Å². The van der Waals surface area contributed by atoms with Crippen molar-refractivity contribution in [2.24, 2.45) is 4.99 Å². The van der Waals surface area contributed by atoms with Crippen LogP contribution in [0.4, 0.5) is 18.9 Å². The molecular weight excluding hydrogens is 646 g/mol. The van der Waals surface area contributed by atoms with E-state index in [1.807, 2.05) is 44.2 Å². The van der Waals surface area contributed by atoms with E-state index in [0.717, 1.165) is 33.5 Å². The van der Waals surface area contributed by atoms with Crippen LogP contribution >= 0.6 is 24.0 Å². The van der Waals surface area contributed by atoms with Gasteiger partial charge in [-0.15, -0.1) is 18.3 Å². The summed E-state index contributed by atoms with van der Waals surface area (Å²) in [6.45, 7) is 8.83. The molecule has 0 atom stereocenters. The molecule has 0 bridgehead atoms. The van der Waals surface area contributed by atoms with E-state index < -0.39 is 6.36 Å². The van der Waals surface area contributed by atoms with Crippen molar-refractivity contribution in [3.63, 3.8) is 0 Å². The summed E-state index contributed by atoms with van der Waals surface area (Å²) in [6.07, 6.45) is -0.424. The fourth-order valence-corrected chi connectivity index (χ4v) is 6.04. The van der Waals surface area contributed by atoms with Gasteiger partial charge in [0.1, 0.15) is 12.1 Å². The molecule has 0 saturated carbocycles. The van der Waals surface area contributed by atoms with Crippen molar-refractivity contribution in [2.75, 3.05) is 17.2 Å². The highest BCUT2D eigenvalue weighted by molar-refractivity contribution is 8.15. The van der Waals surface area contributed by atoms with Crippen LogP contribution in [0.15, 0.2) is 84.1 Å². The standard InChI is InChI=1S/C34H33F3N6O2S2/c1-21(2)28-16-7-22(3)18-29(28)43-30(44)19-47-33(43)40-32(46)38-17-5-6-23(4)24-8-10-25(11-9-24)31-39-20-42(41-31)26-12-14-27(15-13-26)45-34(35,36)37/h6-16,18,20-21H,5,17,19H2,1-4H3,(H,38,46)/b23-6+,40-33?. The third-order valence-electron chi connectivity index (χ3n) is 7.31. The lowest BCUT2D eigenvalue weighted by molar-refractivity contribution is -0.274. The van der Waals surface area contributed by atoms with E-state index in [1.54, 1.807) is 4.90 Å². The highest BCUT2D eigenvalue weighted by Crippen LogP contribution is 2.34. The predicted molar refractivity (Wildman–Crippen MR) is 185 cm³/mol. The molecule has 244 valence electrons. The molecule has 1 amide bonds. The van der Waals surface area contributed by atoms with Crippen molar-refractivity contribution in [3.8, 4) is 22.8 Å². The van der Waals surface area contributed by atoms with E-state index >= 15 is 0 Å². The number of halogens is 3. The number of thioether (sulfide) groups is 1. The SMILES string of the molecule is C/C(=C\CCNC(=S)N=C1SCC(=O)N1c1cc(C)ccc1C(C)C)c1ccc(-c2ncn(-c3ccc(OC(F)(F)F)cc3)n2)cc1. The molecular formula is C34H33F3N6O2S2. The van der Waals surface area contributed by atoms with Crippen LogP contribution < -0.4 is 15.0 Å². The van der Waals surface area contributed by atoms with Gasteiger partial charge in [0, 0.05) is 12.1 Å². The van der Waals surface area contributed by atoms with Crippen LogP contribution in [-0.4, -0.2) is 49.6 Å².